The average Bonchev–Trinajstić information content (AvgIpc) is 2.43. The predicted molar refractivity (Wildman–Crippen MR) is 82.8 cm³/mol. The first-order valence-corrected chi connectivity index (χ1v) is 6.83. The Labute approximate surface area is 118 Å². The van der Waals surface area contributed by atoms with Crippen LogP contribution in [0.15, 0.2) is 42.5 Å². The van der Waals surface area contributed by atoms with Gasteiger partial charge in [0.25, 0.3) is 0 Å². The van der Waals surface area contributed by atoms with Gasteiger partial charge in [-0.25, -0.2) is 0 Å². The summed E-state index contributed by atoms with van der Waals surface area (Å²) in [5.41, 5.74) is 2.86. The fourth-order valence-electron chi connectivity index (χ4n) is 2.62. The lowest BCUT2D eigenvalue weighted by Gasteiger charge is -2.20. The van der Waals surface area contributed by atoms with Crippen molar-refractivity contribution in [3.8, 4) is 0 Å². The molecule has 0 fully saturated rings. The van der Waals surface area contributed by atoms with E-state index in [1.165, 1.54) is 0 Å². The monoisotopic (exact) mass is 266 g/mol. The molecule has 2 aromatic rings. The molecule has 1 aliphatic rings. The van der Waals surface area contributed by atoms with Crippen LogP contribution in [-0.2, 0) is 0 Å². The van der Waals surface area contributed by atoms with Crippen LogP contribution in [0.2, 0.25) is 0 Å². The number of rotatable bonds is 4. The molecule has 3 rings (SSSR count). The summed E-state index contributed by atoms with van der Waals surface area (Å²) < 4.78 is 0. The maximum atomic E-state index is 12.3. The summed E-state index contributed by atoms with van der Waals surface area (Å²) in [6.45, 7) is 1.76. The van der Waals surface area contributed by atoms with Gasteiger partial charge in [0.05, 0.1) is 0 Å². The molecule has 3 heteroatoms. The molecule has 0 heterocycles. The molecule has 0 aliphatic heterocycles. The molecule has 0 atom stereocenters. The zero-order valence-corrected chi connectivity index (χ0v) is 11.8. The Morgan fingerprint density at radius 2 is 1.75 bits per heavy atom. The molecule has 0 saturated heterocycles. The van der Waals surface area contributed by atoms with Gasteiger partial charge in [0.15, 0.2) is 5.78 Å². The number of likely N-dealkylation sites (N-methyl/N-ethyl adjacent to an activating group) is 1. The number of nitrogens with one attached hydrogen (secondary N) is 1. The number of ketones is 1. The van der Waals surface area contributed by atoms with Crippen molar-refractivity contribution in [2.45, 2.75) is 0 Å². The summed E-state index contributed by atoms with van der Waals surface area (Å²) in [7, 11) is 4.08. The minimum Gasteiger partial charge on any atom is -0.383 e. The SMILES string of the molecule is CN(C)CCNC1=CC(=O)c2cccc3cccc1c23. The molecule has 102 valence electrons. The number of carbonyl (C=O) groups excluding carboxylic acids is 1. The molecule has 0 spiro atoms. The highest BCUT2D eigenvalue weighted by Gasteiger charge is 2.19. The van der Waals surface area contributed by atoms with Crippen LogP contribution in [0, 0.1) is 0 Å². The van der Waals surface area contributed by atoms with Crippen molar-refractivity contribution in [2.24, 2.45) is 0 Å². The lowest BCUT2D eigenvalue weighted by atomic mass is 9.90. The summed E-state index contributed by atoms with van der Waals surface area (Å²) >= 11 is 0. The second-order valence-corrected chi connectivity index (χ2v) is 5.36. The van der Waals surface area contributed by atoms with E-state index >= 15 is 0 Å². The molecule has 0 radical (unpaired) electrons. The molecule has 3 nitrogen and oxygen atoms in total. The lowest BCUT2D eigenvalue weighted by molar-refractivity contribution is 0.104. The van der Waals surface area contributed by atoms with Gasteiger partial charge in [0, 0.05) is 41.4 Å². The number of nitrogens with zero attached hydrogens (tertiary/aromatic N) is 1. The molecule has 0 saturated carbocycles. The van der Waals surface area contributed by atoms with Crippen molar-refractivity contribution in [1.82, 2.24) is 10.2 Å². The van der Waals surface area contributed by atoms with Crippen LogP contribution < -0.4 is 5.32 Å². The summed E-state index contributed by atoms with van der Waals surface area (Å²) in [4.78, 5) is 14.4. The largest absolute Gasteiger partial charge is 0.383 e. The van der Waals surface area contributed by atoms with Gasteiger partial charge in [0.2, 0.25) is 0 Å². The van der Waals surface area contributed by atoms with E-state index in [0.29, 0.717) is 0 Å². The van der Waals surface area contributed by atoms with E-state index in [-0.39, 0.29) is 5.78 Å². The number of hydrogen-bond donors (Lipinski definition) is 1. The van der Waals surface area contributed by atoms with Crippen molar-refractivity contribution in [1.29, 1.82) is 0 Å². The average molecular weight is 266 g/mol. The lowest BCUT2D eigenvalue weighted by Crippen LogP contribution is -2.27. The Morgan fingerprint density at radius 3 is 2.45 bits per heavy atom. The minimum absolute atomic E-state index is 0.0849. The Balaban J connectivity index is 2.01. The third-order valence-electron chi connectivity index (χ3n) is 3.61. The van der Waals surface area contributed by atoms with Crippen LogP contribution >= 0.6 is 0 Å². The topological polar surface area (TPSA) is 32.3 Å². The van der Waals surface area contributed by atoms with Gasteiger partial charge in [-0.3, -0.25) is 4.79 Å². The Morgan fingerprint density at radius 1 is 1.05 bits per heavy atom. The summed E-state index contributed by atoms with van der Waals surface area (Å²) in [5, 5.41) is 5.57. The number of hydrogen-bond acceptors (Lipinski definition) is 3. The van der Waals surface area contributed by atoms with Crippen molar-refractivity contribution in [3.05, 3.63) is 53.6 Å². The molecule has 1 N–H and O–H groups in total. The maximum Gasteiger partial charge on any atom is 0.188 e. The van der Waals surface area contributed by atoms with Crippen molar-refractivity contribution < 1.29 is 4.79 Å². The normalized spacial score (nSPS) is 13.8. The van der Waals surface area contributed by atoms with Crippen LogP contribution in [0.5, 0.6) is 0 Å². The summed E-state index contributed by atoms with van der Waals surface area (Å²) in [6.07, 6.45) is 1.72. The van der Waals surface area contributed by atoms with Crippen LogP contribution in [0.4, 0.5) is 0 Å². The molecular formula is C17H18N2O. The van der Waals surface area contributed by atoms with E-state index in [4.69, 9.17) is 0 Å². The van der Waals surface area contributed by atoms with Gasteiger partial charge in [-0.2, -0.15) is 0 Å². The van der Waals surface area contributed by atoms with Gasteiger partial charge in [-0.05, 0) is 19.5 Å². The van der Waals surface area contributed by atoms with Crippen molar-refractivity contribution >= 4 is 22.3 Å². The van der Waals surface area contributed by atoms with Crippen LogP contribution in [0.3, 0.4) is 0 Å². The van der Waals surface area contributed by atoms with Crippen LogP contribution in [0.1, 0.15) is 15.9 Å². The fourth-order valence-corrected chi connectivity index (χ4v) is 2.62. The Bertz CT molecular complexity index is 696. The van der Waals surface area contributed by atoms with Gasteiger partial charge >= 0.3 is 0 Å². The van der Waals surface area contributed by atoms with Crippen molar-refractivity contribution in [2.75, 3.05) is 27.2 Å². The second kappa shape index (κ2) is 5.10. The molecule has 1 aliphatic carbocycles. The number of benzene rings is 2. The highest BCUT2D eigenvalue weighted by Crippen LogP contribution is 2.31. The smallest absolute Gasteiger partial charge is 0.188 e. The zero-order chi connectivity index (χ0) is 14.1. The van der Waals surface area contributed by atoms with Crippen LogP contribution in [0.25, 0.3) is 16.5 Å². The first-order valence-electron chi connectivity index (χ1n) is 6.83. The minimum atomic E-state index is 0.0849. The van der Waals surface area contributed by atoms with E-state index in [1.807, 2.05) is 32.3 Å². The second-order valence-electron chi connectivity index (χ2n) is 5.36. The van der Waals surface area contributed by atoms with E-state index < -0.39 is 0 Å². The fraction of sp³-hybridized carbons (Fsp3) is 0.235. The third kappa shape index (κ3) is 2.21. The molecule has 0 unspecified atom stereocenters. The van der Waals surface area contributed by atoms with Gasteiger partial charge in [-0.15, -0.1) is 0 Å². The summed E-state index contributed by atoms with van der Waals surface area (Å²) in [5.74, 6) is 0.0849. The highest BCUT2D eigenvalue weighted by atomic mass is 16.1. The van der Waals surface area contributed by atoms with Crippen LogP contribution in [-0.4, -0.2) is 37.9 Å². The molecule has 20 heavy (non-hydrogen) atoms. The van der Waals surface area contributed by atoms with E-state index in [1.54, 1.807) is 6.08 Å². The Hall–Kier alpha value is -2.13. The predicted octanol–water partition coefficient (Wildman–Crippen LogP) is 2.53. The number of carbonyl (C=O) groups is 1. The maximum absolute atomic E-state index is 12.3. The van der Waals surface area contributed by atoms with Gasteiger partial charge in [0.1, 0.15) is 0 Å². The third-order valence-corrected chi connectivity index (χ3v) is 3.61. The molecule has 0 bridgehead atoms. The quantitative estimate of drug-likeness (QED) is 0.923. The van der Waals surface area contributed by atoms with E-state index in [9.17, 15) is 4.79 Å². The van der Waals surface area contributed by atoms with E-state index in [0.717, 1.165) is 40.7 Å². The van der Waals surface area contributed by atoms with Gasteiger partial charge in [-0.1, -0.05) is 36.4 Å². The summed E-state index contributed by atoms with van der Waals surface area (Å²) in [6, 6.07) is 12.1. The standard InChI is InChI=1S/C17H18N2O/c1-19(2)10-9-18-15-11-16(20)14-8-4-6-12-5-3-7-13(15)17(12)14/h3-8,11,18H,9-10H2,1-2H3. The highest BCUT2D eigenvalue weighted by molar-refractivity contribution is 6.21. The van der Waals surface area contributed by atoms with Crippen molar-refractivity contribution in [3.63, 3.8) is 0 Å². The zero-order valence-electron chi connectivity index (χ0n) is 11.8. The first kappa shape index (κ1) is 12.9. The molecular weight excluding hydrogens is 248 g/mol. The molecule has 2 aromatic carbocycles. The number of allylic oxidation sites excluding steroid dienone is 1. The first-order chi connectivity index (χ1) is 9.66. The molecule has 0 aromatic heterocycles. The Kier molecular flexibility index (Phi) is 3.28. The van der Waals surface area contributed by atoms with E-state index in [2.05, 4.69) is 28.4 Å². The molecule has 0 amide bonds. The van der Waals surface area contributed by atoms with Gasteiger partial charge < -0.3 is 10.2 Å².